The Morgan fingerprint density at radius 3 is 2.59 bits per heavy atom. The molecule has 0 atom stereocenters. The zero-order chi connectivity index (χ0) is 22.9. The van der Waals surface area contributed by atoms with E-state index in [1.165, 1.54) is 5.56 Å². The third-order valence-electron chi connectivity index (χ3n) is 6.32. The van der Waals surface area contributed by atoms with Gasteiger partial charge in [-0.2, -0.15) is 10.2 Å². The Kier molecular flexibility index (Phi) is 6.02. The number of nitrogen functional groups attached to an aromatic ring is 1. The number of fused-ring (bicyclic) bond motifs is 1. The average molecular weight is 434 g/mol. The van der Waals surface area contributed by atoms with Crippen LogP contribution in [-0.4, -0.2) is 65.4 Å². The number of nitriles is 1. The highest BCUT2D eigenvalue weighted by atomic mass is 16.2. The van der Waals surface area contributed by atoms with E-state index in [0.717, 1.165) is 55.2 Å². The molecule has 4 rings (SSSR count). The van der Waals surface area contributed by atoms with Crippen molar-refractivity contribution in [1.82, 2.24) is 19.8 Å². The summed E-state index contributed by atoms with van der Waals surface area (Å²) in [6.07, 6.45) is 1.04. The number of amides is 1. The summed E-state index contributed by atoms with van der Waals surface area (Å²) in [6, 6.07) is 10.5. The number of hydrogen-bond donors (Lipinski definition) is 1. The van der Waals surface area contributed by atoms with Crippen LogP contribution in [0.25, 0.3) is 11.3 Å². The second kappa shape index (κ2) is 8.75. The van der Waals surface area contributed by atoms with Gasteiger partial charge in [-0.25, -0.2) is 4.98 Å². The van der Waals surface area contributed by atoms with E-state index in [2.05, 4.69) is 51.1 Å². The van der Waals surface area contributed by atoms with Crippen LogP contribution in [0.5, 0.6) is 0 Å². The number of likely N-dealkylation sites (N-methyl/N-ethyl adjacent to an activating group) is 1. The van der Waals surface area contributed by atoms with Crippen LogP contribution in [0.1, 0.15) is 31.4 Å². The van der Waals surface area contributed by atoms with E-state index in [-0.39, 0.29) is 18.3 Å². The van der Waals surface area contributed by atoms with E-state index < -0.39 is 5.41 Å². The molecule has 0 spiro atoms. The molecule has 2 N–H and O–H groups in total. The summed E-state index contributed by atoms with van der Waals surface area (Å²) in [4.78, 5) is 28.1. The van der Waals surface area contributed by atoms with E-state index >= 15 is 0 Å². The topological polar surface area (TPSA) is 102 Å². The fourth-order valence-electron chi connectivity index (χ4n) is 4.26. The van der Waals surface area contributed by atoms with E-state index in [0.29, 0.717) is 13.1 Å². The molecule has 1 amide bonds. The van der Waals surface area contributed by atoms with Crippen LogP contribution in [0.2, 0.25) is 0 Å². The fraction of sp³-hybridized carbons (Fsp3) is 0.500. The first-order valence-corrected chi connectivity index (χ1v) is 11.1. The normalized spacial score (nSPS) is 17.1. The van der Waals surface area contributed by atoms with E-state index in [1.54, 1.807) is 13.8 Å². The number of carbonyl (C=O) groups excluding carboxylic acids is 1. The minimum absolute atomic E-state index is 0.0243. The summed E-state index contributed by atoms with van der Waals surface area (Å²) in [7, 11) is 2.12. The van der Waals surface area contributed by atoms with Gasteiger partial charge in [-0.3, -0.25) is 4.79 Å². The summed E-state index contributed by atoms with van der Waals surface area (Å²) in [5, 5.41) is 9.26. The monoisotopic (exact) mass is 433 g/mol. The molecule has 1 aromatic heterocycles. The predicted molar refractivity (Wildman–Crippen MR) is 125 cm³/mol. The Hall–Kier alpha value is -3.18. The first kappa shape index (κ1) is 22.0. The van der Waals surface area contributed by atoms with Crippen LogP contribution < -0.4 is 10.6 Å². The third-order valence-corrected chi connectivity index (χ3v) is 6.32. The second-order valence-corrected chi connectivity index (χ2v) is 9.48. The van der Waals surface area contributed by atoms with Crippen molar-refractivity contribution >= 4 is 17.7 Å². The second-order valence-electron chi connectivity index (χ2n) is 9.48. The van der Waals surface area contributed by atoms with Crippen LogP contribution in [-0.2, 0) is 17.8 Å². The molecule has 0 saturated carbocycles. The summed E-state index contributed by atoms with van der Waals surface area (Å²) in [6.45, 7) is 8.64. The quantitative estimate of drug-likeness (QED) is 0.789. The minimum atomic E-state index is -0.655. The van der Waals surface area contributed by atoms with Gasteiger partial charge in [0.1, 0.15) is 5.82 Å². The molecule has 32 heavy (non-hydrogen) atoms. The van der Waals surface area contributed by atoms with Crippen LogP contribution in [0.3, 0.4) is 0 Å². The highest BCUT2D eigenvalue weighted by molar-refractivity contribution is 5.78. The van der Waals surface area contributed by atoms with E-state index in [9.17, 15) is 10.1 Å². The number of rotatable bonds is 4. The molecular weight excluding hydrogens is 402 g/mol. The van der Waals surface area contributed by atoms with Crippen LogP contribution in [0, 0.1) is 16.7 Å². The number of benzene rings is 1. The molecule has 1 fully saturated rings. The maximum absolute atomic E-state index is 12.8. The molecule has 8 heteroatoms. The lowest BCUT2D eigenvalue weighted by atomic mass is 9.90. The molecular formula is C24H31N7O. The van der Waals surface area contributed by atoms with Crippen LogP contribution in [0.4, 0.5) is 11.8 Å². The smallest absolute Gasteiger partial charge is 0.224 e. The van der Waals surface area contributed by atoms with Gasteiger partial charge in [-0.05, 0) is 44.5 Å². The lowest BCUT2D eigenvalue weighted by molar-refractivity contribution is -0.133. The third kappa shape index (κ3) is 4.83. The van der Waals surface area contributed by atoms with Crippen LogP contribution >= 0.6 is 0 Å². The molecule has 0 radical (unpaired) electrons. The maximum atomic E-state index is 12.8. The predicted octanol–water partition coefficient (Wildman–Crippen LogP) is 2.30. The number of carbonyl (C=O) groups is 1. The number of nitrogens with two attached hydrogens (primary N) is 1. The molecule has 3 heterocycles. The molecule has 2 aromatic rings. The van der Waals surface area contributed by atoms with Crippen molar-refractivity contribution in [2.24, 2.45) is 5.41 Å². The largest absolute Gasteiger partial charge is 0.368 e. The summed E-state index contributed by atoms with van der Waals surface area (Å²) >= 11 is 0. The van der Waals surface area contributed by atoms with Gasteiger partial charge >= 0.3 is 0 Å². The molecule has 2 aliphatic heterocycles. The SMILES string of the molecule is CN1CCN(c2cc(-c3ccc4c(c3)CN(C(=O)CC(C)(C)C#N)CC4)nc(N)n2)CC1. The van der Waals surface area contributed by atoms with Gasteiger partial charge in [-0.15, -0.1) is 0 Å². The molecule has 168 valence electrons. The Morgan fingerprint density at radius 2 is 1.88 bits per heavy atom. The summed E-state index contributed by atoms with van der Waals surface area (Å²) in [5.41, 5.74) is 9.54. The Balaban J connectivity index is 1.56. The van der Waals surface area contributed by atoms with Crippen molar-refractivity contribution < 1.29 is 4.79 Å². The van der Waals surface area contributed by atoms with Crippen molar-refractivity contribution in [1.29, 1.82) is 5.26 Å². The van der Waals surface area contributed by atoms with Crippen molar-refractivity contribution in [2.75, 3.05) is 50.4 Å². The zero-order valence-electron chi connectivity index (χ0n) is 19.1. The average Bonchev–Trinajstić information content (AvgIpc) is 2.78. The minimum Gasteiger partial charge on any atom is -0.368 e. The molecule has 1 saturated heterocycles. The maximum Gasteiger partial charge on any atom is 0.224 e. The first-order chi connectivity index (χ1) is 15.2. The van der Waals surface area contributed by atoms with Gasteiger partial charge in [-0.1, -0.05) is 12.1 Å². The number of nitrogens with zero attached hydrogens (tertiary/aromatic N) is 6. The molecule has 1 aromatic carbocycles. The zero-order valence-corrected chi connectivity index (χ0v) is 19.1. The summed E-state index contributed by atoms with van der Waals surface area (Å²) in [5.74, 6) is 1.15. The molecule has 0 aliphatic carbocycles. The van der Waals surface area contributed by atoms with Gasteiger partial charge in [0, 0.05) is 57.3 Å². The van der Waals surface area contributed by atoms with Crippen molar-refractivity contribution in [3.8, 4) is 17.3 Å². The van der Waals surface area contributed by atoms with Crippen molar-refractivity contribution in [3.63, 3.8) is 0 Å². The van der Waals surface area contributed by atoms with Gasteiger partial charge in [0.05, 0.1) is 17.2 Å². The highest BCUT2D eigenvalue weighted by Gasteiger charge is 2.27. The van der Waals surface area contributed by atoms with Crippen LogP contribution in [0.15, 0.2) is 24.3 Å². The highest BCUT2D eigenvalue weighted by Crippen LogP contribution is 2.29. The Bertz CT molecular complexity index is 1050. The number of anilines is 2. The molecule has 0 bridgehead atoms. The number of aromatic nitrogens is 2. The fourth-order valence-corrected chi connectivity index (χ4v) is 4.26. The number of hydrogen-bond acceptors (Lipinski definition) is 7. The van der Waals surface area contributed by atoms with Crippen molar-refractivity contribution in [2.45, 2.75) is 33.2 Å². The first-order valence-electron chi connectivity index (χ1n) is 11.1. The van der Waals surface area contributed by atoms with Gasteiger partial charge in [0.15, 0.2) is 0 Å². The van der Waals surface area contributed by atoms with Gasteiger partial charge in [0.25, 0.3) is 0 Å². The van der Waals surface area contributed by atoms with Gasteiger partial charge < -0.3 is 20.4 Å². The Labute approximate surface area is 189 Å². The standard InChI is InChI=1S/C24H31N7O/c1-24(2,16-25)14-22(32)31-7-6-17-4-5-18(12-19(17)15-31)20-13-21(28-23(26)27-20)30-10-8-29(3)9-11-30/h4-5,12-13H,6-11,14-15H2,1-3H3,(H2,26,27,28). The lowest BCUT2D eigenvalue weighted by Gasteiger charge is -2.33. The lowest BCUT2D eigenvalue weighted by Crippen LogP contribution is -2.44. The summed E-state index contributed by atoms with van der Waals surface area (Å²) < 4.78 is 0. The molecule has 2 aliphatic rings. The van der Waals surface area contributed by atoms with Crippen molar-refractivity contribution in [3.05, 3.63) is 35.4 Å². The van der Waals surface area contributed by atoms with E-state index in [4.69, 9.17) is 5.73 Å². The molecule has 0 unspecified atom stereocenters. The molecule has 8 nitrogen and oxygen atoms in total. The Morgan fingerprint density at radius 1 is 1.12 bits per heavy atom. The van der Waals surface area contributed by atoms with Gasteiger partial charge in [0.2, 0.25) is 11.9 Å². The number of piperazine rings is 1. The van der Waals surface area contributed by atoms with E-state index in [1.807, 2.05) is 11.0 Å².